The molecule has 0 aliphatic rings. The van der Waals surface area contributed by atoms with Crippen molar-refractivity contribution in [1.29, 1.82) is 0 Å². The van der Waals surface area contributed by atoms with E-state index in [1.165, 1.54) is 4.57 Å². The number of halogens is 1. The molecule has 0 aliphatic heterocycles. The minimum absolute atomic E-state index is 0.160. The molecule has 1 atom stereocenters. The summed E-state index contributed by atoms with van der Waals surface area (Å²) in [5.74, 6) is -0.411. The van der Waals surface area contributed by atoms with Gasteiger partial charge in [0.05, 0.1) is 10.9 Å². The Bertz CT molecular complexity index is 1670. The Hall–Kier alpha value is -3.68. The van der Waals surface area contributed by atoms with E-state index in [4.69, 9.17) is 23.8 Å². The highest BCUT2D eigenvalue weighted by Gasteiger charge is 2.21. The summed E-state index contributed by atoms with van der Waals surface area (Å²) >= 11 is 11.8. The molecule has 2 aromatic heterocycles. The molecule has 2 heterocycles. The van der Waals surface area contributed by atoms with Crippen LogP contribution in [0.5, 0.6) is 0 Å². The summed E-state index contributed by atoms with van der Waals surface area (Å²) in [5.41, 5.74) is 3.76. The van der Waals surface area contributed by atoms with Crippen LogP contribution in [0.1, 0.15) is 27.4 Å². The van der Waals surface area contributed by atoms with Gasteiger partial charge in [-0.05, 0) is 53.7 Å². The maximum Gasteiger partial charge on any atom is 0.261 e. The normalized spacial score (nSPS) is 12.2. The highest BCUT2D eigenvalue weighted by molar-refractivity contribution is 7.71. The van der Waals surface area contributed by atoms with Gasteiger partial charge in [0.25, 0.3) is 11.5 Å². The molecule has 6 nitrogen and oxygen atoms in total. The number of aromatic amines is 2. The monoisotopic (exact) mass is 488 g/mol. The first-order chi connectivity index (χ1) is 16.4. The smallest absolute Gasteiger partial charge is 0.261 e. The molecule has 3 N–H and O–H groups in total. The summed E-state index contributed by atoms with van der Waals surface area (Å²) < 4.78 is 1.67. The SMILES string of the molecule is Cn1c(=S)[nH]c2cc(C(=O)NCC(c3ccccc3Cl)c3c[nH]c4ccccc34)ccc2c1=O. The predicted molar refractivity (Wildman–Crippen MR) is 138 cm³/mol. The third-order valence-electron chi connectivity index (χ3n) is 6.11. The number of hydrogen-bond donors (Lipinski definition) is 3. The zero-order valence-corrected chi connectivity index (χ0v) is 19.8. The summed E-state index contributed by atoms with van der Waals surface area (Å²) in [7, 11) is 1.61. The number of para-hydroxylation sites is 1. The number of hydrogen-bond acceptors (Lipinski definition) is 3. The Morgan fingerprint density at radius 3 is 2.62 bits per heavy atom. The number of carbonyl (C=O) groups excluding carboxylic acids is 1. The molecule has 0 bridgehead atoms. The first kappa shape index (κ1) is 22.1. The van der Waals surface area contributed by atoms with Gasteiger partial charge in [0, 0.05) is 47.2 Å². The number of fused-ring (bicyclic) bond motifs is 2. The molecular weight excluding hydrogens is 468 g/mol. The second-order valence-corrected chi connectivity index (χ2v) is 8.92. The van der Waals surface area contributed by atoms with Crippen LogP contribution in [-0.4, -0.2) is 27.0 Å². The van der Waals surface area contributed by atoms with Crippen molar-refractivity contribution in [3.05, 3.63) is 110 Å². The van der Waals surface area contributed by atoms with Crippen LogP contribution < -0.4 is 10.9 Å². The Balaban J connectivity index is 1.48. The maximum absolute atomic E-state index is 13.1. The van der Waals surface area contributed by atoms with Crippen LogP contribution >= 0.6 is 23.8 Å². The van der Waals surface area contributed by atoms with Crippen molar-refractivity contribution < 1.29 is 4.79 Å². The first-order valence-electron chi connectivity index (χ1n) is 10.8. The topological polar surface area (TPSA) is 82.7 Å². The van der Waals surface area contributed by atoms with Gasteiger partial charge in [-0.15, -0.1) is 0 Å². The Labute approximate surface area is 205 Å². The Kier molecular flexibility index (Phi) is 5.81. The van der Waals surface area contributed by atoms with Crippen LogP contribution in [0.15, 0.2) is 77.7 Å². The van der Waals surface area contributed by atoms with Gasteiger partial charge in [0.2, 0.25) is 0 Å². The van der Waals surface area contributed by atoms with Crippen LogP contribution in [-0.2, 0) is 7.05 Å². The van der Waals surface area contributed by atoms with Crippen LogP contribution in [0.4, 0.5) is 0 Å². The summed E-state index contributed by atoms with van der Waals surface area (Å²) in [6.45, 7) is 0.342. The highest BCUT2D eigenvalue weighted by atomic mass is 35.5. The van der Waals surface area contributed by atoms with Crippen LogP contribution in [0.25, 0.3) is 21.8 Å². The lowest BCUT2D eigenvalue weighted by molar-refractivity contribution is 0.0952. The predicted octanol–water partition coefficient (Wildman–Crippen LogP) is 5.29. The van der Waals surface area contributed by atoms with Crippen molar-refractivity contribution in [1.82, 2.24) is 19.9 Å². The third kappa shape index (κ3) is 3.93. The molecule has 0 saturated heterocycles. The zero-order chi connectivity index (χ0) is 23.8. The molecule has 0 aliphatic carbocycles. The van der Waals surface area contributed by atoms with Crippen molar-refractivity contribution in [3.8, 4) is 0 Å². The van der Waals surface area contributed by atoms with E-state index < -0.39 is 0 Å². The fourth-order valence-corrected chi connectivity index (χ4v) is 4.73. The van der Waals surface area contributed by atoms with E-state index in [0.717, 1.165) is 22.0 Å². The largest absolute Gasteiger partial charge is 0.361 e. The van der Waals surface area contributed by atoms with E-state index in [0.29, 0.717) is 32.8 Å². The third-order valence-corrected chi connectivity index (χ3v) is 6.83. The van der Waals surface area contributed by atoms with Gasteiger partial charge in [-0.1, -0.05) is 48.0 Å². The lowest BCUT2D eigenvalue weighted by Crippen LogP contribution is -2.29. The number of aromatic nitrogens is 3. The van der Waals surface area contributed by atoms with Crippen LogP contribution in [0, 0.1) is 4.77 Å². The summed E-state index contributed by atoms with van der Waals surface area (Å²) in [6, 6.07) is 20.6. The van der Waals surface area contributed by atoms with Crippen molar-refractivity contribution in [2.45, 2.75) is 5.92 Å². The van der Waals surface area contributed by atoms with Crippen molar-refractivity contribution >= 4 is 51.5 Å². The number of nitrogens with zero attached hydrogens (tertiary/aromatic N) is 1. The van der Waals surface area contributed by atoms with Gasteiger partial charge >= 0.3 is 0 Å². The fourth-order valence-electron chi connectivity index (χ4n) is 4.27. The van der Waals surface area contributed by atoms with Crippen LogP contribution in [0.3, 0.4) is 0 Å². The van der Waals surface area contributed by atoms with Crippen molar-refractivity contribution in [2.75, 3.05) is 6.54 Å². The molecule has 34 heavy (non-hydrogen) atoms. The molecule has 8 heteroatoms. The molecule has 1 unspecified atom stereocenters. The van der Waals surface area contributed by atoms with Gasteiger partial charge in [0.1, 0.15) is 0 Å². The number of amides is 1. The summed E-state index contributed by atoms with van der Waals surface area (Å²) in [6.07, 6.45) is 1.97. The van der Waals surface area contributed by atoms with Gasteiger partial charge < -0.3 is 15.3 Å². The maximum atomic E-state index is 13.1. The van der Waals surface area contributed by atoms with Gasteiger partial charge in [-0.3, -0.25) is 14.2 Å². The van der Waals surface area contributed by atoms with E-state index >= 15 is 0 Å². The molecule has 170 valence electrons. The quantitative estimate of drug-likeness (QED) is 0.294. The van der Waals surface area contributed by atoms with E-state index in [1.54, 1.807) is 25.2 Å². The molecule has 5 rings (SSSR count). The minimum atomic E-state index is -0.251. The average Bonchev–Trinajstić information content (AvgIpc) is 3.27. The van der Waals surface area contributed by atoms with Gasteiger partial charge in [0.15, 0.2) is 4.77 Å². The van der Waals surface area contributed by atoms with Crippen LogP contribution in [0.2, 0.25) is 5.02 Å². The number of benzene rings is 3. The molecule has 0 saturated carbocycles. The molecule has 1 amide bonds. The molecule has 5 aromatic rings. The van der Waals surface area contributed by atoms with E-state index in [2.05, 4.69) is 21.4 Å². The number of carbonyl (C=O) groups is 1. The lowest BCUT2D eigenvalue weighted by Gasteiger charge is -2.19. The number of nitrogens with one attached hydrogen (secondary N) is 3. The standard InChI is InChI=1S/C26H21ClN4O2S/c1-31-25(33)18-11-10-15(12-23(18)30-26(31)34)24(32)29-14-19(16-6-2-4-8-21(16)27)20-13-28-22-9-5-3-7-17(20)22/h2-13,19,28H,14H2,1H3,(H,29,32)(H,30,34). The zero-order valence-electron chi connectivity index (χ0n) is 18.3. The van der Waals surface area contributed by atoms with E-state index in [1.807, 2.05) is 48.7 Å². The molecule has 0 spiro atoms. The van der Waals surface area contributed by atoms with E-state index in [-0.39, 0.29) is 17.4 Å². The van der Waals surface area contributed by atoms with E-state index in [9.17, 15) is 9.59 Å². The fraction of sp³-hybridized carbons (Fsp3) is 0.115. The highest BCUT2D eigenvalue weighted by Crippen LogP contribution is 2.34. The summed E-state index contributed by atoms with van der Waals surface area (Å²) in [5, 5.41) is 5.24. The Morgan fingerprint density at radius 1 is 1.03 bits per heavy atom. The second-order valence-electron chi connectivity index (χ2n) is 8.13. The van der Waals surface area contributed by atoms with Gasteiger partial charge in [-0.2, -0.15) is 0 Å². The first-order valence-corrected chi connectivity index (χ1v) is 11.5. The Morgan fingerprint density at radius 2 is 1.79 bits per heavy atom. The summed E-state index contributed by atoms with van der Waals surface area (Å²) in [4.78, 5) is 31.9. The van der Waals surface area contributed by atoms with Crippen molar-refractivity contribution in [3.63, 3.8) is 0 Å². The number of rotatable bonds is 5. The molecule has 0 radical (unpaired) electrons. The molecular formula is C26H21ClN4O2S. The second kappa shape index (κ2) is 8.93. The number of H-pyrrole nitrogens is 2. The minimum Gasteiger partial charge on any atom is -0.361 e. The lowest BCUT2D eigenvalue weighted by atomic mass is 9.90. The average molecular weight is 489 g/mol. The molecule has 0 fully saturated rings. The van der Waals surface area contributed by atoms with Gasteiger partial charge in [-0.25, -0.2) is 0 Å². The molecule has 3 aromatic carbocycles. The van der Waals surface area contributed by atoms with Crippen molar-refractivity contribution in [2.24, 2.45) is 7.05 Å².